The Bertz CT molecular complexity index is 711. The second kappa shape index (κ2) is 5.98. The van der Waals surface area contributed by atoms with Gasteiger partial charge < -0.3 is 10.7 Å². The fourth-order valence-corrected chi connectivity index (χ4v) is 1.72. The number of pyridine rings is 1. The maximum Gasteiger partial charge on any atom is 0.255 e. The minimum Gasteiger partial charge on any atom is -0.319 e. The Kier molecular flexibility index (Phi) is 4.29. The number of hydrogen-bond donors (Lipinski definition) is 3. The number of benzene rings is 1. The first kappa shape index (κ1) is 15.1. The first-order valence-electron chi connectivity index (χ1n) is 5.51. The summed E-state index contributed by atoms with van der Waals surface area (Å²) in [6.07, 6.45) is 0. The molecule has 2 rings (SSSR count). The Morgan fingerprint density at radius 2 is 1.76 bits per heavy atom. The molecule has 4 N–H and O–H groups in total. The van der Waals surface area contributed by atoms with Gasteiger partial charge in [-0.25, -0.2) is 24.0 Å². The van der Waals surface area contributed by atoms with E-state index in [4.69, 9.17) is 17.4 Å². The zero-order chi connectivity index (χ0) is 15.6. The van der Waals surface area contributed by atoms with E-state index in [1.165, 1.54) is 12.1 Å². The molecule has 0 saturated heterocycles. The standard InChI is InChI=1S/C12H8ClF3N4O/c13-10-1-5(2-11(19-10)20-17)12(21)18-9-4-7(15)6(14)3-8(9)16/h1-4H,17H2,(H,18,21)(H,19,20). The summed E-state index contributed by atoms with van der Waals surface area (Å²) in [5, 5.41) is 2.07. The molecule has 0 aliphatic carbocycles. The Labute approximate surface area is 121 Å². The molecule has 2 aromatic rings. The lowest BCUT2D eigenvalue weighted by atomic mass is 10.2. The van der Waals surface area contributed by atoms with Gasteiger partial charge in [0.05, 0.1) is 5.69 Å². The van der Waals surface area contributed by atoms with Crippen molar-refractivity contribution in [1.82, 2.24) is 4.98 Å². The zero-order valence-electron chi connectivity index (χ0n) is 10.3. The van der Waals surface area contributed by atoms with Gasteiger partial charge in [0.25, 0.3) is 5.91 Å². The number of hydrazine groups is 1. The Hall–Kier alpha value is -2.32. The summed E-state index contributed by atoms with van der Waals surface area (Å²) in [5.74, 6) is 0.711. The van der Waals surface area contributed by atoms with Crippen molar-refractivity contribution in [1.29, 1.82) is 0 Å². The maximum atomic E-state index is 13.4. The highest BCUT2D eigenvalue weighted by Gasteiger charge is 2.14. The van der Waals surface area contributed by atoms with Gasteiger partial charge in [-0.1, -0.05) is 11.6 Å². The Morgan fingerprint density at radius 3 is 2.43 bits per heavy atom. The molecule has 1 aromatic carbocycles. The van der Waals surface area contributed by atoms with Crippen LogP contribution in [0.5, 0.6) is 0 Å². The van der Waals surface area contributed by atoms with Crippen molar-refractivity contribution in [3.63, 3.8) is 0 Å². The fourth-order valence-electron chi connectivity index (χ4n) is 1.51. The number of amides is 1. The largest absolute Gasteiger partial charge is 0.319 e. The third-order valence-electron chi connectivity index (χ3n) is 2.46. The molecule has 21 heavy (non-hydrogen) atoms. The number of rotatable bonds is 3. The van der Waals surface area contributed by atoms with Crippen LogP contribution in [0.3, 0.4) is 0 Å². The average molecular weight is 317 g/mol. The van der Waals surface area contributed by atoms with E-state index >= 15 is 0 Å². The molecule has 5 nitrogen and oxygen atoms in total. The monoisotopic (exact) mass is 316 g/mol. The number of nitrogen functional groups attached to an aromatic ring is 1. The summed E-state index contributed by atoms with van der Waals surface area (Å²) >= 11 is 5.68. The van der Waals surface area contributed by atoms with Crippen LogP contribution in [-0.2, 0) is 0 Å². The summed E-state index contributed by atoms with van der Waals surface area (Å²) in [4.78, 5) is 15.7. The van der Waals surface area contributed by atoms with E-state index in [9.17, 15) is 18.0 Å². The van der Waals surface area contributed by atoms with Crippen molar-refractivity contribution in [2.75, 3.05) is 10.7 Å². The Morgan fingerprint density at radius 1 is 1.10 bits per heavy atom. The van der Waals surface area contributed by atoms with Gasteiger partial charge in [0, 0.05) is 17.7 Å². The van der Waals surface area contributed by atoms with E-state index in [1.54, 1.807) is 0 Å². The molecule has 0 saturated carbocycles. The van der Waals surface area contributed by atoms with Crippen LogP contribution in [0.1, 0.15) is 10.4 Å². The van der Waals surface area contributed by atoms with Gasteiger partial charge in [-0.3, -0.25) is 4.79 Å². The van der Waals surface area contributed by atoms with Crippen LogP contribution in [0.25, 0.3) is 0 Å². The van der Waals surface area contributed by atoms with Crippen LogP contribution in [0.4, 0.5) is 24.7 Å². The smallest absolute Gasteiger partial charge is 0.255 e. The first-order chi connectivity index (χ1) is 9.90. The third kappa shape index (κ3) is 3.41. The van der Waals surface area contributed by atoms with Crippen molar-refractivity contribution < 1.29 is 18.0 Å². The highest BCUT2D eigenvalue weighted by atomic mass is 35.5. The van der Waals surface area contributed by atoms with Gasteiger partial charge in [0.15, 0.2) is 11.6 Å². The molecular formula is C12H8ClF3N4O. The minimum atomic E-state index is -1.35. The van der Waals surface area contributed by atoms with Gasteiger partial charge in [-0.15, -0.1) is 0 Å². The van der Waals surface area contributed by atoms with E-state index in [2.05, 4.69) is 15.7 Å². The van der Waals surface area contributed by atoms with Gasteiger partial charge >= 0.3 is 0 Å². The molecule has 0 fully saturated rings. The summed E-state index contributed by atoms with van der Waals surface area (Å²) < 4.78 is 39.3. The lowest BCUT2D eigenvalue weighted by molar-refractivity contribution is 0.102. The van der Waals surface area contributed by atoms with Crippen LogP contribution in [0.15, 0.2) is 24.3 Å². The van der Waals surface area contributed by atoms with E-state index in [1.807, 2.05) is 0 Å². The van der Waals surface area contributed by atoms with Crippen LogP contribution in [0.2, 0.25) is 5.15 Å². The van der Waals surface area contributed by atoms with Crippen molar-refractivity contribution in [3.8, 4) is 0 Å². The molecule has 0 aliphatic rings. The SMILES string of the molecule is NNc1cc(C(=O)Nc2cc(F)c(F)cc2F)cc(Cl)n1. The van der Waals surface area contributed by atoms with Crippen molar-refractivity contribution in [3.05, 3.63) is 52.4 Å². The molecule has 1 aromatic heterocycles. The highest BCUT2D eigenvalue weighted by molar-refractivity contribution is 6.30. The number of halogens is 4. The number of aromatic nitrogens is 1. The van der Waals surface area contributed by atoms with Gasteiger partial charge in [0.2, 0.25) is 0 Å². The maximum absolute atomic E-state index is 13.4. The normalized spacial score (nSPS) is 10.3. The lowest BCUT2D eigenvalue weighted by Crippen LogP contribution is -2.15. The first-order valence-corrected chi connectivity index (χ1v) is 5.88. The van der Waals surface area contributed by atoms with Crippen LogP contribution in [0, 0.1) is 17.5 Å². The summed E-state index contributed by atoms with van der Waals surface area (Å²) in [6.45, 7) is 0. The molecule has 1 amide bonds. The lowest BCUT2D eigenvalue weighted by Gasteiger charge is -2.08. The molecule has 0 spiro atoms. The molecule has 110 valence electrons. The third-order valence-corrected chi connectivity index (χ3v) is 2.66. The van der Waals surface area contributed by atoms with E-state index in [0.29, 0.717) is 12.1 Å². The molecule has 0 unspecified atom stereocenters. The Balaban J connectivity index is 2.30. The zero-order valence-corrected chi connectivity index (χ0v) is 11.0. The number of hydrogen-bond acceptors (Lipinski definition) is 4. The predicted molar refractivity (Wildman–Crippen MR) is 71.3 cm³/mol. The predicted octanol–water partition coefficient (Wildman–Crippen LogP) is 2.69. The number of anilines is 2. The molecule has 0 atom stereocenters. The molecule has 9 heteroatoms. The molecule has 0 aliphatic heterocycles. The molecule has 0 radical (unpaired) electrons. The summed E-state index contributed by atoms with van der Waals surface area (Å²) in [6, 6.07) is 3.32. The van der Waals surface area contributed by atoms with Gasteiger partial charge in [0.1, 0.15) is 16.8 Å². The molecular weight excluding hydrogens is 309 g/mol. The van der Waals surface area contributed by atoms with Crippen LogP contribution < -0.4 is 16.6 Å². The van der Waals surface area contributed by atoms with Crippen LogP contribution >= 0.6 is 11.6 Å². The van der Waals surface area contributed by atoms with Crippen molar-refractivity contribution in [2.24, 2.45) is 5.84 Å². The summed E-state index contributed by atoms with van der Waals surface area (Å²) in [7, 11) is 0. The summed E-state index contributed by atoms with van der Waals surface area (Å²) in [5.41, 5.74) is 1.70. The second-order valence-electron chi connectivity index (χ2n) is 3.91. The minimum absolute atomic E-state index is 0.00656. The molecule has 0 bridgehead atoms. The van der Waals surface area contributed by atoms with E-state index in [-0.39, 0.29) is 16.5 Å². The fraction of sp³-hybridized carbons (Fsp3) is 0. The highest BCUT2D eigenvalue weighted by Crippen LogP contribution is 2.20. The van der Waals surface area contributed by atoms with Crippen molar-refractivity contribution in [2.45, 2.75) is 0 Å². The average Bonchev–Trinajstić information content (AvgIpc) is 2.43. The topological polar surface area (TPSA) is 80.0 Å². The number of carbonyl (C=O) groups is 1. The van der Waals surface area contributed by atoms with Gasteiger partial charge in [-0.2, -0.15) is 0 Å². The number of carbonyl (C=O) groups excluding carboxylic acids is 1. The van der Waals surface area contributed by atoms with Gasteiger partial charge in [-0.05, 0) is 12.1 Å². The second-order valence-corrected chi connectivity index (χ2v) is 4.30. The number of nitrogens with one attached hydrogen (secondary N) is 2. The van der Waals surface area contributed by atoms with E-state index < -0.39 is 29.0 Å². The van der Waals surface area contributed by atoms with Crippen LogP contribution in [-0.4, -0.2) is 10.9 Å². The quantitative estimate of drug-likeness (QED) is 0.352. The van der Waals surface area contributed by atoms with E-state index in [0.717, 1.165) is 0 Å². The number of nitrogens with two attached hydrogens (primary N) is 1. The van der Waals surface area contributed by atoms with Crippen molar-refractivity contribution >= 4 is 29.0 Å². The number of nitrogens with zero attached hydrogens (tertiary/aromatic N) is 1. The molecule has 1 heterocycles.